The first-order chi connectivity index (χ1) is 12.1. The predicted molar refractivity (Wildman–Crippen MR) is 98.5 cm³/mol. The molecule has 4 rings (SSSR count). The average molecular weight is 341 g/mol. The number of aromatic nitrogens is 1. The molecule has 25 heavy (non-hydrogen) atoms. The van der Waals surface area contributed by atoms with Crippen LogP contribution < -0.4 is 16.2 Å². The number of alkyl halides is 1. The van der Waals surface area contributed by atoms with E-state index >= 15 is 4.39 Å². The van der Waals surface area contributed by atoms with Gasteiger partial charge in [-0.05, 0) is 30.4 Å². The molecule has 132 valence electrons. The van der Waals surface area contributed by atoms with Gasteiger partial charge < -0.3 is 15.2 Å². The van der Waals surface area contributed by atoms with Crippen molar-refractivity contribution in [3.63, 3.8) is 0 Å². The number of nitrogens with two attached hydrogens (primary N) is 1. The van der Waals surface area contributed by atoms with E-state index in [-0.39, 0.29) is 11.2 Å². The lowest BCUT2D eigenvalue weighted by Gasteiger charge is -2.38. The minimum atomic E-state index is -1.30. The van der Waals surface area contributed by atoms with Gasteiger partial charge in [0.1, 0.15) is 11.4 Å². The summed E-state index contributed by atoms with van der Waals surface area (Å²) in [5.41, 5.74) is 6.47. The van der Waals surface area contributed by atoms with Crippen molar-refractivity contribution in [3.8, 4) is 0 Å². The first-order valence-corrected chi connectivity index (χ1v) is 9.05. The molecular formula is C20H24FN3O. The van der Waals surface area contributed by atoms with Crippen molar-refractivity contribution in [2.75, 3.05) is 23.7 Å². The van der Waals surface area contributed by atoms with Gasteiger partial charge in [0, 0.05) is 38.7 Å². The summed E-state index contributed by atoms with van der Waals surface area (Å²) in [4.78, 5) is 14.5. The van der Waals surface area contributed by atoms with E-state index < -0.39 is 5.67 Å². The van der Waals surface area contributed by atoms with Crippen molar-refractivity contribution in [3.05, 3.63) is 58.5 Å². The number of nitrogens with zero attached hydrogens (tertiary/aromatic N) is 2. The molecule has 1 aromatic heterocycles. The van der Waals surface area contributed by atoms with Crippen LogP contribution in [0.4, 0.5) is 15.8 Å². The highest BCUT2D eigenvalue weighted by molar-refractivity contribution is 5.66. The lowest BCUT2D eigenvalue weighted by Crippen LogP contribution is -2.41. The predicted octanol–water partition coefficient (Wildman–Crippen LogP) is 3.31. The zero-order valence-corrected chi connectivity index (χ0v) is 14.3. The highest BCUT2D eigenvalue weighted by Gasteiger charge is 2.36. The molecule has 2 N–H and O–H groups in total. The third-order valence-electron chi connectivity index (χ3n) is 5.52. The molecule has 2 fully saturated rings. The maximum absolute atomic E-state index is 15.3. The molecule has 0 spiro atoms. The van der Waals surface area contributed by atoms with Gasteiger partial charge in [-0.3, -0.25) is 4.79 Å². The van der Waals surface area contributed by atoms with Gasteiger partial charge in [0.25, 0.3) is 5.56 Å². The minimum Gasteiger partial charge on any atom is -0.393 e. The quantitative estimate of drug-likeness (QED) is 0.928. The van der Waals surface area contributed by atoms with Crippen LogP contribution >= 0.6 is 0 Å². The van der Waals surface area contributed by atoms with E-state index in [0.29, 0.717) is 31.8 Å². The normalized spacial score (nSPS) is 19.8. The van der Waals surface area contributed by atoms with E-state index in [2.05, 4.69) is 0 Å². The van der Waals surface area contributed by atoms with E-state index in [9.17, 15) is 4.79 Å². The van der Waals surface area contributed by atoms with Gasteiger partial charge in [0.15, 0.2) is 0 Å². The molecule has 2 heterocycles. The molecule has 2 aliphatic rings. The Morgan fingerprint density at radius 3 is 2.44 bits per heavy atom. The number of hydrogen-bond donors (Lipinski definition) is 1. The van der Waals surface area contributed by atoms with Crippen molar-refractivity contribution in [1.82, 2.24) is 4.57 Å². The smallest absolute Gasteiger partial charge is 0.275 e. The van der Waals surface area contributed by atoms with Gasteiger partial charge >= 0.3 is 0 Å². The van der Waals surface area contributed by atoms with Crippen LogP contribution in [0.25, 0.3) is 0 Å². The summed E-state index contributed by atoms with van der Waals surface area (Å²) < 4.78 is 17.0. The van der Waals surface area contributed by atoms with Crippen LogP contribution in [0.1, 0.15) is 31.2 Å². The third kappa shape index (κ3) is 3.15. The summed E-state index contributed by atoms with van der Waals surface area (Å²) in [6, 6.07) is 11.3. The fourth-order valence-electron chi connectivity index (χ4n) is 3.71. The summed E-state index contributed by atoms with van der Waals surface area (Å²) in [6.07, 6.45) is 5.03. The summed E-state index contributed by atoms with van der Waals surface area (Å²) in [5.74, 6) is 0.621. The summed E-state index contributed by atoms with van der Waals surface area (Å²) in [5, 5.41) is 0. The monoisotopic (exact) mass is 341 g/mol. The molecule has 2 aromatic rings. The van der Waals surface area contributed by atoms with Crippen molar-refractivity contribution in [1.29, 1.82) is 0 Å². The maximum Gasteiger partial charge on any atom is 0.275 e. The standard InChI is InChI=1S/C20H24FN3O/c21-20(16-4-2-1-3-5-16)9-12-23(13-10-20)17-8-11-24(14-15-6-7-15)19(25)18(17)22/h1-5,8,11,15H,6-7,9-10,12-14,22H2. The Morgan fingerprint density at radius 2 is 1.80 bits per heavy atom. The fraction of sp³-hybridized carbons (Fsp3) is 0.450. The second-order valence-corrected chi connectivity index (χ2v) is 7.33. The Morgan fingerprint density at radius 1 is 1.12 bits per heavy atom. The van der Waals surface area contributed by atoms with Gasteiger partial charge in [-0.25, -0.2) is 4.39 Å². The number of piperidine rings is 1. The van der Waals surface area contributed by atoms with Crippen LogP contribution in [-0.2, 0) is 12.2 Å². The summed E-state index contributed by atoms with van der Waals surface area (Å²) in [7, 11) is 0. The van der Waals surface area contributed by atoms with Crippen LogP contribution in [0.2, 0.25) is 0 Å². The summed E-state index contributed by atoms with van der Waals surface area (Å²) >= 11 is 0. The molecule has 0 amide bonds. The molecule has 5 heteroatoms. The lowest BCUT2D eigenvalue weighted by molar-refractivity contribution is 0.125. The van der Waals surface area contributed by atoms with E-state index in [4.69, 9.17) is 5.73 Å². The summed E-state index contributed by atoms with van der Waals surface area (Å²) in [6.45, 7) is 1.87. The van der Waals surface area contributed by atoms with E-state index in [1.165, 1.54) is 12.8 Å². The molecule has 1 saturated carbocycles. The molecule has 0 unspecified atom stereocenters. The number of benzene rings is 1. The van der Waals surface area contributed by atoms with Crippen molar-refractivity contribution < 1.29 is 4.39 Å². The van der Waals surface area contributed by atoms with Crippen LogP contribution in [0.5, 0.6) is 0 Å². The molecule has 4 nitrogen and oxygen atoms in total. The maximum atomic E-state index is 15.3. The molecule has 1 aliphatic heterocycles. The number of pyridine rings is 1. The van der Waals surface area contributed by atoms with E-state index in [1.807, 2.05) is 47.5 Å². The minimum absolute atomic E-state index is 0.121. The van der Waals surface area contributed by atoms with Gasteiger partial charge in [-0.15, -0.1) is 0 Å². The zero-order valence-electron chi connectivity index (χ0n) is 14.3. The number of hydrogen-bond acceptors (Lipinski definition) is 3. The van der Waals surface area contributed by atoms with E-state index in [0.717, 1.165) is 17.8 Å². The third-order valence-corrected chi connectivity index (χ3v) is 5.52. The Labute approximate surface area is 147 Å². The van der Waals surface area contributed by atoms with Crippen LogP contribution in [0.15, 0.2) is 47.4 Å². The number of rotatable bonds is 4. The SMILES string of the molecule is Nc1c(N2CCC(F)(c3ccccc3)CC2)ccn(CC2CC2)c1=O. The molecule has 1 aliphatic carbocycles. The Hall–Kier alpha value is -2.30. The largest absolute Gasteiger partial charge is 0.393 e. The number of halogens is 1. The average Bonchev–Trinajstić information content (AvgIpc) is 3.45. The van der Waals surface area contributed by atoms with Crippen molar-refractivity contribution >= 4 is 11.4 Å². The number of anilines is 2. The Bertz CT molecular complexity index is 805. The molecule has 0 atom stereocenters. The highest BCUT2D eigenvalue weighted by Crippen LogP contribution is 2.38. The van der Waals surface area contributed by atoms with Gasteiger partial charge in [-0.2, -0.15) is 0 Å². The second-order valence-electron chi connectivity index (χ2n) is 7.33. The van der Waals surface area contributed by atoms with Crippen LogP contribution in [0.3, 0.4) is 0 Å². The first kappa shape index (κ1) is 16.2. The van der Waals surface area contributed by atoms with Crippen molar-refractivity contribution in [2.24, 2.45) is 5.92 Å². The molecule has 1 aromatic carbocycles. The van der Waals surface area contributed by atoms with Crippen LogP contribution in [0, 0.1) is 5.92 Å². The first-order valence-electron chi connectivity index (χ1n) is 9.05. The van der Waals surface area contributed by atoms with Crippen LogP contribution in [-0.4, -0.2) is 17.7 Å². The van der Waals surface area contributed by atoms with Gasteiger partial charge in [0.2, 0.25) is 0 Å². The highest BCUT2D eigenvalue weighted by atomic mass is 19.1. The Kier molecular flexibility index (Phi) is 4.02. The van der Waals surface area contributed by atoms with Gasteiger partial charge in [-0.1, -0.05) is 30.3 Å². The second kappa shape index (κ2) is 6.21. The molecule has 1 saturated heterocycles. The zero-order chi connectivity index (χ0) is 17.4. The van der Waals surface area contributed by atoms with Gasteiger partial charge in [0.05, 0.1) is 5.69 Å². The molecular weight excluding hydrogens is 317 g/mol. The molecule has 0 bridgehead atoms. The topological polar surface area (TPSA) is 51.3 Å². The fourth-order valence-corrected chi connectivity index (χ4v) is 3.71. The Balaban J connectivity index is 1.51. The lowest BCUT2D eigenvalue weighted by atomic mass is 9.86. The molecule has 0 radical (unpaired) electrons. The number of nitrogen functional groups attached to an aromatic ring is 1. The van der Waals surface area contributed by atoms with E-state index in [1.54, 1.807) is 4.57 Å². The van der Waals surface area contributed by atoms with Crippen molar-refractivity contribution in [2.45, 2.75) is 37.9 Å².